The maximum atomic E-state index is 13.7. The summed E-state index contributed by atoms with van der Waals surface area (Å²) in [6.07, 6.45) is 7.37. The third kappa shape index (κ3) is 3.74. The number of hydrogen-bond donors (Lipinski definition) is 2. The van der Waals surface area contributed by atoms with E-state index in [0.29, 0.717) is 12.3 Å². The van der Waals surface area contributed by atoms with Crippen molar-refractivity contribution >= 4 is 0 Å². The third-order valence-corrected chi connectivity index (χ3v) is 4.17. The van der Waals surface area contributed by atoms with Gasteiger partial charge in [0.15, 0.2) is 0 Å². The van der Waals surface area contributed by atoms with Gasteiger partial charge in [0.25, 0.3) is 0 Å². The molecule has 0 aliphatic heterocycles. The van der Waals surface area contributed by atoms with Gasteiger partial charge in [-0.3, -0.25) is 11.3 Å². The van der Waals surface area contributed by atoms with Gasteiger partial charge in [-0.25, -0.2) is 8.78 Å². The molecule has 1 aliphatic carbocycles. The summed E-state index contributed by atoms with van der Waals surface area (Å²) in [6, 6.07) is 3.95. The summed E-state index contributed by atoms with van der Waals surface area (Å²) >= 11 is 0. The fourth-order valence-corrected chi connectivity index (χ4v) is 3.02. The van der Waals surface area contributed by atoms with E-state index in [9.17, 15) is 8.78 Å². The molecule has 2 rings (SSSR count). The van der Waals surface area contributed by atoms with E-state index in [2.05, 4.69) is 5.43 Å². The van der Waals surface area contributed by atoms with Gasteiger partial charge in [0, 0.05) is 11.6 Å². The van der Waals surface area contributed by atoms with E-state index >= 15 is 0 Å². The predicted molar refractivity (Wildman–Crippen MR) is 72.4 cm³/mol. The number of hydrogen-bond acceptors (Lipinski definition) is 2. The SMILES string of the molecule is NNC(Cc1c(F)cccc1F)C1CCCCCC1. The number of nitrogens with two attached hydrogens (primary N) is 1. The van der Waals surface area contributed by atoms with Crippen LogP contribution in [0.3, 0.4) is 0 Å². The Hall–Kier alpha value is -1.00. The van der Waals surface area contributed by atoms with Crippen LogP contribution in [0.15, 0.2) is 18.2 Å². The van der Waals surface area contributed by atoms with Gasteiger partial charge >= 0.3 is 0 Å². The van der Waals surface area contributed by atoms with Crippen LogP contribution in [0.1, 0.15) is 44.1 Å². The topological polar surface area (TPSA) is 38.0 Å². The Labute approximate surface area is 113 Å². The Morgan fingerprint density at radius 1 is 1.11 bits per heavy atom. The van der Waals surface area contributed by atoms with Crippen LogP contribution in [0.4, 0.5) is 8.78 Å². The van der Waals surface area contributed by atoms with Crippen molar-refractivity contribution in [1.82, 2.24) is 5.43 Å². The minimum atomic E-state index is -0.478. The predicted octanol–water partition coefficient (Wildman–Crippen LogP) is 3.31. The first kappa shape index (κ1) is 14.4. The van der Waals surface area contributed by atoms with Crippen molar-refractivity contribution in [2.75, 3.05) is 0 Å². The molecule has 4 heteroatoms. The highest BCUT2D eigenvalue weighted by Gasteiger charge is 2.24. The van der Waals surface area contributed by atoms with Crippen molar-refractivity contribution in [3.8, 4) is 0 Å². The summed E-state index contributed by atoms with van der Waals surface area (Å²) in [7, 11) is 0. The molecule has 3 N–H and O–H groups in total. The van der Waals surface area contributed by atoms with E-state index in [1.807, 2.05) is 0 Å². The van der Waals surface area contributed by atoms with Crippen molar-refractivity contribution < 1.29 is 8.78 Å². The van der Waals surface area contributed by atoms with Gasteiger partial charge in [0.05, 0.1) is 0 Å². The largest absolute Gasteiger partial charge is 0.271 e. The lowest BCUT2D eigenvalue weighted by atomic mass is 9.88. The lowest BCUT2D eigenvalue weighted by Gasteiger charge is -2.25. The number of halogens is 2. The molecule has 0 aromatic heterocycles. The van der Waals surface area contributed by atoms with Gasteiger partial charge < -0.3 is 0 Å². The van der Waals surface area contributed by atoms with E-state index < -0.39 is 11.6 Å². The number of benzene rings is 1. The molecular formula is C15H22F2N2. The highest BCUT2D eigenvalue weighted by atomic mass is 19.1. The highest BCUT2D eigenvalue weighted by Crippen LogP contribution is 2.27. The number of rotatable bonds is 4. The molecule has 0 saturated heterocycles. The Morgan fingerprint density at radius 3 is 2.21 bits per heavy atom. The summed E-state index contributed by atoms with van der Waals surface area (Å²) in [5, 5.41) is 0. The molecule has 1 atom stereocenters. The molecule has 1 aromatic carbocycles. The van der Waals surface area contributed by atoms with Gasteiger partial charge in [-0.15, -0.1) is 0 Å². The third-order valence-electron chi connectivity index (χ3n) is 4.17. The molecule has 0 heterocycles. The van der Waals surface area contributed by atoms with Crippen molar-refractivity contribution in [2.24, 2.45) is 11.8 Å². The second kappa shape index (κ2) is 6.96. The molecule has 1 saturated carbocycles. The molecule has 2 nitrogen and oxygen atoms in total. The molecule has 1 unspecified atom stereocenters. The van der Waals surface area contributed by atoms with E-state index in [1.165, 1.54) is 43.9 Å². The average Bonchev–Trinajstić information content (AvgIpc) is 2.67. The van der Waals surface area contributed by atoms with Crippen LogP contribution in [0.5, 0.6) is 0 Å². The number of hydrazine groups is 1. The van der Waals surface area contributed by atoms with Crippen molar-refractivity contribution in [3.05, 3.63) is 35.4 Å². The van der Waals surface area contributed by atoms with Gasteiger partial charge in [-0.05, 0) is 37.3 Å². The maximum Gasteiger partial charge on any atom is 0.129 e. The normalized spacial score (nSPS) is 19.1. The number of nitrogens with one attached hydrogen (secondary N) is 1. The first-order chi connectivity index (χ1) is 9.22. The molecule has 19 heavy (non-hydrogen) atoms. The van der Waals surface area contributed by atoms with Gasteiger partial charge in [0.2, 0.25) is 0 Å². The fraction of sp³-hybridized carbons (Fsp3) is 0.600. The lowest BCUT2D eigenvalue weighted by molar-refractivity contribution is 0.315. The first-order valence-corrected chi connectivity index (χ1v) is 7.11. The van der Waals surface area contributed by atoms with Gasteiger partial charge in [0.1, 0.15) is 11.6 Å². The monoisotopic (exact) mass is 268 g/mol. The van der Waals surface area contributed by atoms with Gasteiger partial charge in [-0.2, -0.15) is 0 Å². The fourth-order valence-electron chi connectivity index (χ4n) is 3.02. The molecule has 1 aliphatic rings. The Balaban J connectivity index is 2.09. The molecule has 0 bridgehead atoms. The van der Waals surface area contributed by atoms with E-state index in [0.717, 1.165) is 12.8 Å². The maximum absolute atomic E-state index is 13.7. The summed E-state index contributed by atoms with van der Waals surface area (Å²) < 4.78 is 27.4. The van der Waals surface area contributed by atoms with Crippen molar-refractivity contribution in [2.45, 2.75) is 51.0 Å². The van der Waals surface area contributed by atoms with Gasteiger partial charge in [-0.1, -0.05) is 31.7 Å². The molecular weight excluding hydrogens is 246 g/mol. The standard InChI is InChI=1S/C15H22F2N2/c16-13-8-5-9-14(17)12(13)10-15(19-18)11-6-3-1-2-4-7-11/h5,8-9,11,15,19H,1-4,6-7,10,18H2. The quantitative estimate of drug-likeness (QED) is 0.499. The van der Waals surface area contributed by atoms with Crippen molar-refractivity contribution in [1.29, 1.82) is 0 Å². The average molecular weight is 268 g/mol. The Bertz CT molecular complexity index is 381. The molecule has 0 amide bonds. The summed E-state index contributed by atoms with van der Waals surface area (Å²) in [4.78, 5) is 0. The molecule has 1 aromatic rings. The summed E-state index contributed by atoms with van der Waals surface area (Å²) in [5.74, 6) is 5.06. The van der Waals surface area contributed by atoms with Crippen LogP contribution in [0.2, 0.25) is 0 Å². The minimum absolute atomic E-state index is 0.0514. The summed E-state index contributed by atoms with van der Waals surface area (Å²) in [6.45, 7) is 0. The van der Waals surface area contributed by atoms with Crippen LogP contribution in [0, 0.1) is 17.6 Å². The zero-order chi connectivity index (χ0) is 13.7. The Morgan fingerprint density at radius 2 is 1.68 bits per heavy atom. The first-order valence-electron chi connectivity index (χ1n) is 7.11. The lowest BCUT2D eigenvalue weighted by Crippen LogP contribution is -2.42. The van der Waals surface area contributed by atoms with Crippen LogP contribution >= 0.6 is 0 Å². The molecule has 1 fully saturated rings. The second-order valence-corrected chi connectivity index (χ2v) is 5.43. The van der Waals surface area contributed by atoms with E-state index in [1.54, 1.807) is 0 Å². The molecule has 0 spiro atoms. The van der Waals surface area contributed by atoms with Crippen molar-refractivity contribution in [3.63, 3.8) is 0 Å². The smallest absolute Gasteiger partial charge is 0.129 e. The zero-order valence-corrected chi connectivity index (χ0v) is 11.2. The molecule has 0 radical (unpaired) electrons. The highest BCUT2D eigenvalue weighted by molar-refractivity contribution is 5.21. The second-order valence-electron chi connectivity index (χ2n) is 5.43. The van der Waals surface area contributed by atoms with Crippen LogP contribution in [0.25, 0.3) is 0 Å². The van der Waals surface area contributed by atoms with Crippen LogP contribution in [-0.2, 0) is 6.42 Å². The molecule has 106 valence electrons. The van der Waals surface area contributed by atoms with Crippen LogP contribution < -0.4 is 11.3 Å². The van der Waals surface area contributed by atoms with E-state index in [-0.39, 0.29) is 11.6 Å². The summed E-state index contributed by atoms with van der Waals surface area (Å²) in [5.41, 5.74) is 2.92. The van der Waals surface area contributed by atoms with Crippen LogP contribution in [-0.4, -0.2) is 6.04 Å². The Kier molecular flexibility index (Phi) is 5.28. The minimum Gasteiger partial charge on any atom is -0.271 e. The van der Waals surface area contributed by atoms with E-state index in [4.69, 9.17) is 5.84 Å². The zero-order valence-electron chi connectivity index (χ0n) is 11.2.